The van der Waals surface area contributed by atoms with E-state index in [-0.39, 0.29) is 12.3 Å². The second-order valence-electron chi connectivity index (χ2n) is 8.54. The van der Waals surface area contributed by atoms with Crippen molar-refractivity contribution < 1.29 is 14.8 Å². The lowest BCUT2D eigenvalue weighted by Crippen LogP contribution is -2.49. The Bertz CT molecular complexity index is 1230. The van der Waals surface area contributed by atoms with E-state index >= 15 is 0 Å². The van der Waals surface area contributed by atoms with Crippen molar-refractivity contribution in [3.05, 3.63) is 97.5 Å². The van der Waals surface area contributed by atoms with Gasteiger partial charge >= 0.3 is 0 Å². The number of nitro groups is 1. The highest BCUT2D eigenvalue weighted by molar-refractivity contribution is 9.10. The number of para-hydroxylation sites is 1. The molecule has 1 aliphatic rings. The van der Waals surface area contributed by atoms with Crippen molar-refractivity contribution in [2.24, 2.45) is 0 Å². The number of rotatable bonds is 9. The van der Waals surface area contributed by atoms with Crippen molar-refractivity contribution in [2.45, 2.75) is 6.10 Å². The molecule has 0 radical (unpaired) electrons. The Hall–Kier alpha value is -2.91. The number of hydrogen-bond acceptors (Lipinski definition) is 6. The lowest BCUT2D eigenvalue weighted by atomic mass is 10.1. The van der Waals surface area contributed by atoms with E-state index in [1.807, 2.05) is 54.6 Å². The van der Waals surface area contributed by atoms with E-state index in [9.17, 15) is 15.2 Å². The summed E-state index contributed by atoms with van der Waals surface area (Å²) in [7, 11) is 0. The number of ether oxygens (including phenoxy) is 1. The number of nitrogens with zero attached hydrogens (tertiary/aromatic N) is 3. The molecule has 1 N–H and O–H groups in total. The van der Waals surface area contributed by atoms with Gasteiger partial charge < -0.3 is 14.7 Å². The van der Waals surface area contributed by atoms with Crippen LogP contribution in [0, 0.1) is 10.1 Å². The van der Waals surface area contributed by atoms with E-state index in [2.05, 4.69) is 25.7 Å². The van der Waals surface area contributed by atoms with Crippen LogP contribution < -0.4 is 9.64 Å². The zero-order valence-electron chi connectivity index (χ0n) is 19.6. The van der Waals surface area contributed by atoms with Crippen LogP contribution in [0.25, 0.3) is 12.2 Å². The van der Waals surface area contributed by atoms with Crippen LogP contribution in [0.2, 0.25) is 5.02 Å². The maximum atomic E-state index is 11.3. The van der Waals surface area contributed by atoms with Crippen molar-refractivity contribution in [3.8, 4) is 5.75 Å². The van der Waals surface area contributed by atoms with Gasteiger partial charge in [0.05, 0.1) is 15.6 Å². The zero-order chi connectivity index (χ0) is 25.5. The number of nitro benzene ring substituents is 1. The summed E-state index contributed by atoms with van der Waals surface area (Å²) in [5.41, 5.74) is 2.52. The molecule has 1 atom stereocenters. The Balaban J connectivity index is 1.35. The van der Waals surface area contributed by atoms with Crippen molar-refractivity contribution in [2.75, 3.05) is 44.2 Å². The van der Waals surface area contributed by atoms with E-state index in [1.165, 1.54) is 12.1 Å². The topological polar surface area (TPSA) is 79.1 Å². The Morgan fingerprint density at radius 3 is 2.44 bits per heavy atom. The van der Waals surface area contributed by atoms with Gasteiger partial charge in [0.1, 0.15) is 18.5 Å². The fourth-order valence-electron chi connectivity index (χ4n) is 4.12. The number of aliphatic hydroxyl groups is 1. The molecule has 4 rings (SSSR count). The fraction of sp³-hybridized carbons (Fsp3) is 0.259. The van der Waals surface area contributed by atoms with Crippen LogP contribution in [0.15, 0.2) is 71.2 Å². The summed E-state index contributed by atoms with van der Waals surface area (Å²) in [5, 5.41) is 22.7. The summed E-state index contributed by atoms with van der Waals surface area (Å²) < 4.78 is 6.83. The van der Waals surface area contributed by atoms with Gasteiger partial charge in [-0.15, -0.1) is 0 Å². The Labute approximate surface area is 223 Å². The number of halogens is 2. The lowest BCUT2D eigenvalue weighted by Gasteiger charge is -2.37. The van der Waals surface area contributed by atoms with Gasteiger partial charge in [0, 0.05) is 54.9 Å². The Morgan fingerprint density at radius 1 is 1.03 bits per heavy atom. The Kier molecular flexibility index (Phi) is 8.98. The molecule has 1 unspecified atom stereocenters. The number of benzene rings is 3. The van der Waals surface area contributed by atoms with Crippen molar-refractivity contribution in [1.29, 1.82) is 0 Å². The Morgan fingerprint density at radius 2 is 1.72 bits per heavy atom. The van der Waals surface area contributed by atoms with Crippen molar-refractivity contribution >= 4 is 51.1 Å². The molecule has 1 aliphatic heterocycles. The largest absolute Gasteiger partial charge is 0.490 e. The van der Waals surface area contributed by atoms with Crippen LogP contribution in [0.4, 0.5) is 11.4 Å². The van der Waals surface area contributed by atoms with Gasteiger partial charge in [-0.1, -0.05) is 70.0 Å². The number of piperazine rings is 1. The minimum atomic E-state index is -0.702. The van der Waals surface area contributed by atoms with Crippen molar-refractivity contribution in [1.82, 2.24) is 4.90 Å². The van der Waals surface area contributed by atoms with Gasteiger partial charge in [0.2, 0.25) is 0 Å². The summed E-state index contributed by atoms with van der Waals surface area (Å²) in [6.07, 6.45) is 2.94. The molecular formula is C27H27BrClN3O4. The van der Waals surface area contributed by atoms with Gasteiger partial charge in [0.25, 0.3) is 5.69 Å². The van der Waals surface area contributed by atoms with E-state index < -0.39 is 11.0 Å². The fourth-order valence-corrected chi connectivity index (χ4v) is 4.79. The molecule has 0 amide bonds. The smallest absolute Gasteiger partial charge is 0.270 e. The quantitative estimate of drug-likeness (QED) is 0.200. The molecule has 188 valence electrons. The monoisotopic (exact) mass is 571 g/mol. The number of hydrogen-bond donors (Lipinski definition) is 1. The summed E-state index contributed by atoms with van der Waals surface area (Å²) in [6.45, 7) is 3.82. The summed E-state index contributed by atoms with van der Waals surface area (Å²) in [4.78, 5) is 15.3. The van der Waals surface area contributed by atoms with Gasteiger partial charge in [0.15, 0.2) is 0 Å². The normalized spacial score (nSPS) is 15.2. The first-order valence-corrected chi connectivity index (χ1v) is 12.8. The summed E-state index contributed by atoms with van der Waals surface area (Å²) in [5.74, 6) is 0.478. The summed E-state index contributed by atoms with van der Waals surface area (Å²) >= 11 is 9.83. The summed E-state index contributed by atoms with van der Waals surface area (Å²) in [6, 6.07) is 20.0. The first-order valence-electron chi connectivity index (χ1n) is 11.6. The van der Waals surface area contributed by atoms with Crippen LogP contribution >= 0.6 is 27.5 Å². The van der Waals surface area contributed by atoms with Gasteiger partial charge in [-0.25, -0.2) is 0 Å². The molecule has 9 heteroatoms. The first kappa shape index (κ1) is 26.2. The molecule has 36 heavy (non-hydrogen) atoms. The van der Waals surface area contributed by atoms with Crippen LogP contribution in [0.5, 0.6) is 5.75 Å². The molecule has 0 saturated carbocycles. The van der Waals surface area contributed by atoms with Gasteiger partial charge in [-0.3, -0.25) is 15.0 Å². The third-order valence-electron chi connectivity index (χ3n) is 6.02. The molecule has 1 saturated heterocycles. The van der Waals surface area contributed by atoms with Crippen molar-refractivity contribution in [3.63, 3.8) is 0 Å². The molecule has 0 spiro atoms. The van der Waals surface area contributed by atoms with E-state index in [1.54, 1.807) is 12.1 Å². The van der Waals surface area contributed by atoms with Gasteiger partial charge in [-0.05, 0) is 29.8 Å². The second-order valence-corrected chi connectivity index (χ2v) is 9.80. The molecular weight excluding hydrogens is 546 g/mol. The average molecular weight is 573 g/mol. The minimum Gasteiger partial charge on any atom is -0.490 e. The number of aliphatic hydroxyl groups excluding tert-OH is 1. The average Bonchev–Trinajstić information content (AvgIpc) is 2.88. The maximum Gasteiger partial charge on any atom is 0.270 e. The predicted octanol–water partition coefficient (Wildman–Crippen LogP) is 5.74. The van der Waals surface area contributed by atoms with E-state index in [0.717, 1.165) is 46.9 Å². The molecule has 3 aromatic rings. The highest BCUT2D eigenvalue weighted by Crippen LogP contribution is 2.28. The van der Waals surface area contributed by atoms with E-state index in [0.29, 0.717) is 17.9 Å². The SMILES string of the molecule is O=[N+]([O-])c1ccc(OCC(O)CN2CCN(c3ccccc3Cl)CC2)c(/C=C/c2ccccc2Br)c1. The van der Waals surface area contributed by atoms with Crippen LogP contribution in [-0.4, -0.2) is 60.4 Å². The second kappa shape index (κ2) is 12.4. The highest BCUT2D eigenvalue weighted by Gasteiger charge is 2.21. The number of non-ortho nitro benzene ring substituents is 1. The van der Waals surface area contributed by atoms with Crippen LogP contribution in [0.1, 0.15) is 11.1 Å². The predicted molar refractivity (Wildman–Crippen MR) is 148 cm³/mol. The number of anilines is 1. The molecule has 1 heterocycles. The van der Waals surface area contributed by atoms with E-state index in [4.69, 9.17) is 16.3 Å². The lowest BCUT2D eigenvalue weighted by molar-refractivity contribution is -0.384. The molecule has 0 aliphatic carbocycles. The first-order chi connectivity index (χ1) is 17.4. The molecule has 3 aromatic carbocycles. The standard InChI is InChI=1S/C27H27BrClN3O4/c28-24-6-2-1-5-20(24)9-10-21-17-22(32(34)35)11-12-27(21)36-19-23(33)18-30-13-15-31(16-14-30)26-8-4-3-7-25(26)29/h1-12,17,23,33H,13-16,18-19H2/b10-9+. The van der Waals surface area contributed by atoms with Crippen LogP contribution in [0.3, 0.4) is 0 Å². The minimum absolute atomic E-state index is 0.0222. The van der Waals surface area contributed by atoms with Crippen LogP contribution in [-0.2, 0) is 0 Å². The third-order valence-corrected chi connectivity index (χ3v) is 7.06. The van der Waals surface area contributed by atoms with Gasteiger partial charge in [-0.2, -0.15) is 0 Å². The maximum absolute atomic E-state index is 11.3. The number of β-amino-alcohol motifs (C(OH)–C–C–N with tert-alkyl or cyclic N) is 1. The zero-order valence-corrected chi connectivity index (χ0v) is 21.9. The molecule has 7 nitrogen and oxygen atoms in total. The highest BCUT2D eigenvalue weighted by atomic mass is 79.9. The molecule has 1 fully saturated rings. The third kappa shape index (κ3) is 6.85. The molecule has 0 aromatic heterocycles. The molecule has 0 bridgehead atoms.